The van der Waals surface area contributed by atoms with E-state index in [-0.39, 0.29) is 11.0 Å². The van der Waals surface area contributed by atoms with Gasteiger partial charge in [0.2, 0.25) is 0 Å². The molecule has 0 fully saturated rings. The molecule has 0 aliphatic heterocycles. The van der Waals surface area contributed by atoms with Crippen molar-refractivity contribution >= 4 is 0 Å². The van der Waals surface area contributed by atoms with Crippen molar-refractivity contribution in [2.45, 2.75) is 26.2 Å². The van der Waals surface area contributed by atoms with Gasteiger partial charge in [-0.1, -0.05) is 45.0 Å². The Balaban J connectivity index is 2.39. The van der Waals surface area contributed by atoms with Crippen LogP contribution in [-0.4, -0.2) is 9.97 Å². The molecule has 0 spiro atoms. The van der Waals surface area contributed by atoms with Gasteiger partial charge in [-0.3, -0.25) is 9.78 Å². The molecule has 1 aromatic carbocycles. The molecule has 0 unspecified atom stereocenters. The lowest BCUT2D eigenvalue weighted by molar-refractivity contribution is 0.590. The van der Waals surface area contributed by atoms with Gasteiger partial charge in [0.15, 0.2) is 0 Å². The van der Waals surface area contributed by atoms with Crippen molar-refractivity contribution in [3.05, 3.63) is 52.6 Å². The van der Waals surface area contributed by atoms with Crippen LogP contribution in [0.3, 0.4) is 0 Å². The van der Waals surface area contributed by atoms with E-state index in [0.717, 1.165) is 11.3 Å². The highest BCUT2D eigenvalue weighted by Crippen LogP contribution is 2.24. The molecule has 0 saturated heterocycles. The summed E-state index contributed by atoms with van der Waals surface area (Å²) in [6.45, 7) is 6.52. The molecule has 0 amide bonds. The van der Waals surface area contributed by atoms with Gasteiger partial charge in [-0.25, -0.2) is 0 Å². The monoisotopic (exact) mass is 228 g/mol. The molecule has 0 aliphatic carbocycles. The number of aromatic nitrogens is 2. The Morgan fingerprint density at radius 1 is 1.06 bits per heavy atom. The van der Waals surface area contributed by atoms with Gasteiger partial charge < -0.3 is 4.98 Å². The van der Waals surface area contributed by atoms with Gasteiger partial charge in [0.1, 0.15) is 0 Å². The summed E-state index contributed by atoms with van der Waals surface area (Å²) >= 11 is 0. The zero-order valence-electron chi connectivity index (χ0n) is 10.3. The largest absolute Gasteiger partial charge is 0.319 e. The highest BCUT2D eigenvalue weighted by Gasteiger charge is 2.13. The van der Waals surface area contributed by atoms with Crippen LogP contribution in [0, 0.1) is 0 Å². The third-order valence-corrected chi connectivity index (χ3v) is 2.72. The van der Waals surface area contributed by atoms with Gasteiger partial charge >= 0.3 is 0 Å². The van der Waals surface area contributed by atoms with Crippen molar-refractivity contribution in [1.29, 1.82) is 0 Å². The van der Waals surface area contributed by atoms with Crippen LogP contribution in [0.5, 0.6) is 0 Å². The fourth-order valence-corrected chi connectivity index (χ4v) is 1.67. The van der Waals surface area contributed by atoms with E-state index < -0.39 is 0 Å². The highest BCUT2D eigenvalue weighted by molar-refractivity contribution is 5.58. The van der Waals surface area contributed by atoms with Crippen LogP contribution in [-0.2, 0) is 5.41 Å². The van der Waals surface area contributed by atoms with Crippen molar-refractivity contribution in [1.82, 2.24) is 9.97 Å². The molecule has 1 heterocycles. The quantitative estimate of drug-likeness (QED) is 0.815. The summed E-state index contributed by atoms with van der Waals surface area (Å²) in [6, 6.07) is 8.18. The Kier molecular flexibility index (Phi) is 2.84. The Morgan fingerprint density at radius 2 is 1.71 bits per heavy atom. The smallest absolute Gasteiger partial charge is 0.266 e. The average Bonchev–Trinajstić information content (AvgIpc) is 2.28. The molecule has 0 radical (unpaired) electrons. The lowest BCUT2D eigenvalue weighted by Gasteiger charge is -2.19. The first kappa shape index (κ1) is 11.6. The number of hydrogen-bond acceptors (Lipinski definition) is 2. The zero-order chi connectivity index (χ0) is 12.5. The Hall–Kier alpha value is -1.90. The summed E-state index contributed by atoms with van der Waals surface area (Å²) in [6.07, 6.45) is 2.93. The van der Waals surface area contributed by atoms with Gasteiger partial charge in [0.25, 0.3) is 5.56 Å². The highest BCUT2D eigenvalue weighted by atomic mass is 16.1. The van der Waals surface area contributed by atoms with Crippen molar-refractivity contribution in [2.75, 3.05) is 0 Å². The number of rotatable bonds is 1. The number of nitrogens with zero attached hydrogens (tertiary/aromatic N) is 1. The van der Waals surface area contributed by atoms with Crippen LogP contribution in [0.15, 0.2) is 41.5 Å². The Bertz CT molecular complexity index is 562. The number of hydrogen-bond donors (Lipinski definition) is 1. The molecule has 1 N–H and O–H groups in total. The van der Waals surface area contributed by atoms with E-state index in [2.05, 4.69) is 42.9 Å². The predicted octanol–water partition coefficient (Wildman–Crippen LogP) is 2.73. The first-order chi connectivity index (χ1) is 7.97. The summed E-state index contributed by atoms with van der Waals surface area (Å²) in [5, 5.41) is 0. The molecule has 0 saturated carbocycles. The molecular weight excluding hydrogens is 212 g/mol. The maximum Gasteiger partial charge on any atom is 0.266 e. The third-order valence-electron chi connectivity index (χ3n) is 2.72. The van der Waals surface area contributed by atoms with Crippen LogP contribution in [0.1, 0.15) is 26.3 Å². The zero-order valence-corrected chi connectivity index (χ0v) is 10.3. The molecule has 0 aliphatic rings. The minimum atomic E-state index is -0.178. The third kappa shape index (κ3) is 2.61. The number of H-pyrrole nitrogens is 1. The summed E-state index contributed by atoms with van der Waals surface area (Å²) in [5.74, 6) is 0. The molecule has 2 rings (SSSR count). The molecule has 3 heteroatoms. The summed E-state index contributed by atoms with van der Waals surface area (Å²) < 4.78 is 0. The van der Waals surface area contributed by atoms with Crippen LogP contribution in [0.4, 0.5) is 0 Å². The lowest BCUT2D eigenvalue weighted by atomic mass is 9.86. The first-order valence-electron chi connectivity index (χ1n) is 5.62. The van der Waals surface area contributed by atoms with Gasteiger partial charge in [-0.15, -0.1) is 0 Å². The maximum atomic E-state index is 11.2. The Morgan fingerprint density at radius 3 is 2.24 bits per heavy atom. The number of aromatic amines is 1. The number of benzene rings is 1. The van der Waals surface area contributed by atoms with Crippen LogP contribution < -0.4 is 5.56 Å². The van der Waals surface area contributed by atoms with E-state index in [1.807, 2.05) is 12.1 Å². The molecule has 3 nitrogen and oxygen atoms in total. The van der Waals surface area contributed by atoms with Crippen LogP contribution in [0.25, 0.3) is 11.3 Å². The summed E-state index contributed by atoms with van der Waals surface area (Å²) in [4.78, 5) is 17.8. The molecule has 17 heavy (non-hydrogen) atoms. The minimum Gasteiger partial charge on any atom is -0.319 e. The van der Waals surface area contributed by atoms with Gasteiger partial charge in [0, 0.05) is 0 Å². The molecule has 2 aromatic rings. The second-order valence-electron chi connectivity index (χ2n) is 5.14. The predicted molar refractivity (Wildman–Crippen MR) is 69.0 cm³/mol. The second kappa shape index (κ2) is 4.17. The van der Waals surface area contributed by atoms with E-state index in [4.69, 9.17) is 0 Å². The average molecular weight is 228 g/mol. The molecule has 88 valence electrons. The molecule has 0 atom stereocenters. The summed E-state index contributed by atoms with van der Waals surface area (Å²) in [7, 11) is 0. The Labute approximate surface area is 101 Å². The van der Waals surface area contributed by atoms with Crippen molar-refractivity contribution in [3.8, 4) is 11.3 Å². The molecule has 1 aromatic heterocycles. The number of nitrogens with one attached hydrogen (secondary N) is 1. The van der Waals surface area contributed by atoms with E-state index in [1.165, 1.54) is 11.8 Å². The topological polar surface area (TPSA) is 45.8 Å². The molecular formula is C14H16N2O. The van der Waals surface area contributed by atoms with Gasteiger partial charge in [-0.05, 0) is 16.5 Å². The summed E-state index contributed by atoms with van der Waals surface area (Å²) in [5.41, 5.74) is 2.96. The fourth-order valence-electron chi connectivity index (χ4n) is 1.67. The fraction of sp³-hybridized carbons (Fsp3) is 0.286. The van der Waals surface area contributed by atoms with Crippen LogP contribution in [0.2, 0.25) is 0 Å². The second-order valence-corrected chi connectivity index (χ2v) is 5.14. The van der Waals surface area contributed by atoms with Gasteiger partial charge in [0.05, 0.1) is 18.1 Å². The first-order valence-corrected chi connectivity index (χ1v) is 5.62. The van der Waals surface area contributed by atoms with Gasteiger partial charge in [-0.2, -0.15) is 0 Å². The molecule has 0 bridgehead atoms. The van der Waals surface area contributed by atoms with Crippen molar-refractivity contribution in [2.24, 2.45) is 0 Å². The van der Waals surface area contributed by atoms with Crippen LogP contribution >= 0.6 is 0 Å². The normalized spacial score (nSPS) is 11.5. The van der Waals surface area contributed by atoms with E-state index in [0.29, 0.717) is 0 Å². The van der Waals surface area contributed by atoms with E-state index in [1.54, 1.807) is 6.20 Å². The van der Waals surface area contributed by atoms with E-state index in [9.17, 15) is 4.79 Å². The van der Waals surface area contributed by atoms with E-state index >= 15 is 0 Å². The standard InChI is InChI=1S/C14H16N2O/c1-14(2,3)11-6-4-10(5-7-11)12-8-15-9-13(17)16-12/h4-9H,1-3H3,(H,16,17). The van der Waals surface area contributed by atoms with Crippen molar-refractivity contribution in [3.63, 3.8) is 0 Å². The SMILES string of the molecule is CC(C)(C)c1ccc(-c2cncc(=O)[nH]2)cc1. The minimum absolute atomic E-state index is 0.140. The lowest BCUT2D eigenvalue weighted by Crippen LogP contribution is -2.10. The van der Waals surface area contributed by atoms with Crippen molar-refractivity contribution < 1.29 is 0 Å². The maximum absolute atomic E-state index is 11.2.